The number of hydrogen-bond acceptors (Lipinski definition) is 5. The highest BCUT2D eigenvalue weighted by molar-refractivity contribution is 5.45. The number of piperidine rings is 1. The van der Waals surface area contributed by atoms with Crippen molar-refractivity contribution in [1.29, 1.82) is 0 Å². The number of fused-ring (bicyclic) bond motifs is 1. The third-order valence-electron chi connectivity index (χ3n) is 4.42. The maximum absolute atomic E-state index is 4.27. The molecule has 3 heterocycles. The van der Waals surface area contributed by atoms with E-state index in [1.807, 2.05) is 10.6 Å². The van der Waals surface area contributed by atoms with E-state index in [0.717, 1.165) is 38.3 Å². The van der Waals surface area contributed by atoms with E-state index >= 15 is 0 Å². The van der Waals surface area contributed by atoms with E-state index in [1.54, 1.807) is 12.5 Å². The number of nitrogens with one attached hydrogen (secondary N) is 1. The quantitative estimate of drug-likeness (QED) is 0.797. The summed E-state index contributed by atoms with van der Waals surface area (Å²) in [5.74, 6) is 1.74. The Balaban J connectivity index is 1.37. The van der Waals surface area contributed by atoms with Crippen LogP contribution in [-0.2, 0) is 6.54 Å². The lowest BCUT2D eigenvalue weighted by molar-refractivity contribution is 0.411. The summed E-state index contributed by atoms with van der Waals surface area (Å²) in [5, 5.41) is 7.94. The van der Waals surface area contributed by atoms with Crippen LogP contribution in [0.3, 0.4) is 0 Å². The summed E-state index contributed by atoms with van der Waals surface area (Å²) in [4.78, 5) is 10.7. The van der Waals surface area contributed by atoms with Crippen LogP contribution in [0.1, 0.15) is 18.4 Å². The summed E-state index contributed by atoms with van der Waals surface area (Å²) in [5.41, 5.74) is 1.34. The largest absolute Gasteiger partial charge is 0.356 e. The fourth-order valence-electron chi connectivity index (χ4n) is 3.14. The second-order valence-corrected chi connectivity index (χ2v) is 5.90. The minimum Gasteiger partial charge on any atom is -0.356 e. The molecule has 1 N–H and O–H groups in total. The average Bonchev–Trinajstić information content (AvgIpc) is 3.10. The molecule has 0 spiro atoms. The van der Waals surface area contributed by atoms with Gasteiger partial charge >= 0.3 is 0 Å². The van der Waals surface area contributed by atoms with E-state index in [4.69, 9.17) is 0 Å². The summed E-state index contributed by atoms with van der Waals surface area (Å²) in [6.07, 6.45) is 5.62. The molecule has 1 saturated heterocycles. The Morgan fingerprint density at radius 2 is 1.87 bits per heavy atom. The van der Waals surface area contributed by atoms with Crippen molar-refractivity contribution in [2.75, 3.05) is 18.0 Å². The van der Waals surface area contributed by atoms with Crippen molar-refractivity contribution in [2.24, 2.45) is 0 Å². The first kappa shape index (κ1) is 14.1. The minimum absolute atomic E-state index is 0.569. The normalized spacial score (nSPS) is 16.1. The van der Waals surface area contributed by atoms with E-state index in [2.05, 4.69) is 55.6 Å². The molecule has 1 aromatic carbocycles. The van der Waals surface area contributed by atoms with Crippen LogP contribution in [0, 0.1) is 0 Å². The zero-order valence-corrected chi connectivity index (χ0v) is 13.0. The van der Waals surface area contributed by atoms with Crippen LogP contribution in [-0.4, -0.2) is 38.7 Å². The maximum atomic E-state index is 4.27. The Bertz CT molecular complexity index is 761. The molecule has 0 aliphatic carbocycles. The van der Waals surface area contributed by atoms with Gasteiger partial charge in [-0.3, -0.25) is 0 Å². The van der Waals surface area contributed by atoms with Crippen molar-refractivity contribution in [3.63, 3.8) is 0 Å². The van der Waals surface area contributed by atoms with E-state index in [0.29, 0.717) is 11.8 Å². The first-order chi connectivity index (χ1) is 11.4. The lowest BCUT2D eigenvalue weighted by Crippen LogP contribution is -2.43. The molecule has 1 aliphatic heterocycles. The first-order valence-corrected chi connectivity index (χ1v) is 8.07. The second kappa shape index (κ2) is 6.34. The summed E-state index contributed by atoms with van der Waals surface area (Å²) in [7, 11) is 0. The Morgan fingerprint density at radius 1 is 1.04 bits per heavy atom. The van der Waals surface area contributed by atoms with Gasteiger partial charge in [-0.2, -0.15) is 14.6 Å². The van der Waals surface area contributed by atoms with Gasteiger partial charge in [0.15, 0.2) is 0 Å². The van der Waals surface area contributed by atoms with Gasteiger partial charge in [0.2, 0.25) is 0 Å². The summed E-state index contributed by atoms with van der Waals surface area (Å²) < 4.78 is 1.82. The maximum Gasteiger partial charge on any atom is 0.254 e. The smallest absolute Gasteiger partial charge is 0.254 e. The van der Waals surface area contributed by atoms with Crippen molar-refractivity contribution < 1.29 is 0 Å². The van der Waals surface area contributed by atoms with Gasteiger partial charge in [0.25, 0.3) is 5.78 Å². The van der Waals surface area contributed by atoms with Crippen LogP contribution in [0.2, 0.25) is 0 Å². The Labute approximate surface area is 135 Å². The summed E-state index contributed by atoms with van der Waals surface area (Å²) >= 11 is 0. The van der Waals surface area contributed by atoms with Crippen LogP contribution in [0.4, 0.5) is 5.82 Å². The predicted octanol–water partition coefficient (Wildman–Crippen LogP) is 1.88. The average molecular weight is 308 g/mol. The zero-order valence-electron chi connectivity index (χ0n) is 13.0. The highest BCUT2D eigenvalue weighted by atomic mass is 15.4. The van der Waals surface area contributed by atoms with E-state index in [9.17, 15) is 0 Å². The molecule has 0 unspecified atom stereocenters. The van der Waals surface area contributed by atoms with Gasteiger partial charge in [0, 0.05) is 31.9 Å². The fraction of sp³-hybridized carbons (Fsp3) is 0.353. The molecule has 1 aliphatic rings. The lowest BCUT2D eigenvalue weighted by Gasteiger charge is -2.33. The van der Waals surface area contributed by atoms with Gasteiger partial charge in [0.1, 0.15) is 12.1 Å². The SMILES string of the molecule is c1ccc(CNC2CCN(c3ccnc4ncnn34)CC2)cc1. The van der Waals surface area contributed by atoms with Crippen molar-refractivity contribution >= 4 is 11.6 Å². The molecule has 0 saturated carbocycles. The molecule has 0 bridgehead atoms. The van der Waals surface area contributed by atoms with Crippen LogP contribution >= 0.6 is 0 Å². The molecule has 118 valence electrons. The van der Waals surface area contributed by atoms with Crippen LogP contribution in [0.5, 0.6) is 0 Å². The molecule has 2 aromatic heterocycles. The Morgan fingerprint density at radius 3 is 2.70 bits per heavy atom. The molecule has 23 heavy (non-hydrogen) atoms. The monoisotopic (exact) mass is 308 g/mol. The van der Waals surface area contributed by atoms with Gasteiger partial charge < -0.3 is 10.2 Å². The van der Waals surface area contributed by atoms with Crippen LogP contribution in [0.25, 0.3) is 5.78 Å². The van der Waals surface area contributed by atoms with Gasteiger partial charge in [-0.25, -0.2) is 4.98 Å². The molecule has 1 fully saturated rings. The van der Waals surface area contributed by atoms with Gasteiger partial charge in [-0.1, -0.05) is 30.3 Å². The van der Waals surface area contributed by atoms with Crippen molar-refractivity contribution in [2.45, 2.75) is 25.4 Å². The number of rotatable bonds is 4. The number of benzene rings is 1. The molecular weight excluding hydrogens is 288 g/mol. The Kier molecular flexibility index (Phi) is 3.90. The molecule has 6 nitrogen and oxygen atoms in total. The number of hydrogen-bond donors (Lipinski definition) is 1. The third kappa shape index (κ3) is 3.03. The standard InChI is InChI=1S/C17H20N6/c1-2-4-14(5-3-1)12-19-15-7-10-22(11-8-15)16-6-9-18-17-20-13-21-23(16)17/h1-6,9,13,15,19H,7-8,10-12H2. The lowest BCUT2D eigenvalue weighted by atomic mass is 10.0. The molecule has 0 radical (unpaired) electrons. The van der Waals surface area contributed by atoms with Gasteiger partial charge in [-0.15, -0.1) is 0 Å². The second-order valence-electron chi connectivity index (χ2n) is 5.90. The molecule has 4 rings (SSSR count). The minimum atomic E-state index is 0.569. The molecule has 0 atom stereocenters. The zero-order chi connectivity index (χ0) is 15.5. The van der Waals surface area contributed by atoms with Crippen LogP contribution < -0.4 is 10.2 Å². The summed E-state index contributed by atoms with van der Waals surface area (Å²) in [6.45, 7) is 2.98. The molecule has 0 amide bonds. The van der Waals surface area contributed by atoms with Gasteiger partial charge in [0.05, 0.1) is 0 Å². The molecule has 6 heteroatoms. The fourth-order valence-corrected chi connectivity index (χ4v) is 3.14. The Hall–Kier alpha value is -2.47. The third-order valence-corrected chi connectivity index (χ3v) is 4.42. The number of nitrogens with zero attached hydrogens (tertiary/aromatic N) is 5. The topological polar surface area (TPSA) is 58.3 Å². The van der Waals surface area contributed by atoms with Crippen molar-refractivity contribution in [1.82, 2.24) is 24.9 Å². The molecular formula is C17H20N6. The van der Waals surface area contributed by atoms with Crippen LogP contribution in [0.15, 0.2) is 48.9 Å². The van der Waals surface area contributed by atoms with E-state index in [1.165, 1.54) is 5.56 Å². The predicted molar refractivity (Wildman–Crippen MR) is 89.3 cm³/mol. The van der Waals surface area contributed by atoms with Gasteiger partial charge in [-0.05, 0) is 24.5 Å². The van der Waals surface area contributed by atoms with Crippen molar-refractivity contribution in [3.8, 4) is 0 Å². The molecule has 3 aromatic rings. The highest BCUT2D eigenvalue weighted by Crippen LogP contribution is 2.19. The number of aromatic nitrogens is 4. The van der Waals surface area contributed by atoms with E-state index in [-0.39, 0.29) is 0 Å². The van der Waals surface area contributed by atoms with Crippen molar-refractivity contribution in [3.05, 3.63) is 54.5 Å². The first-order valence-electron chi connectivity index (χ1n) is 8.07. The van der Waals surface area contributed by atoms with E-state index < -0.39 is 0 Å². The summed E-state index contributed by atoms with van der Waals surface area (Å²) in [6, 6.07) is 13.2. The highest BCUT2D eigenvalue weighted by Gasteiger charge is 2.21. The number of anilines is 1.